The lowest BCUT2D eigenvalue weighted by Gasteiger charge is -2.35. The molecule has 0 aliphatic carbocycles. The van der Waals surface area contributed by atoms with Gasteiger partial charge in [0, 0.05) is 32.2 Å². The highest BCUT2D eigenvalue weighted by Gasteiger charge is 2.36. The van der Waals surface area contributed by atoms with E-state index in [0.29, 0.717) is 24.4 Å². The van der Waals surface area contributed by atoms with Crippen LogP contribution < -0.4 is 10.1 Å². The van der Waals surface area contributed by atoms with E-state index >= 15 is 0 Å². The standard InChI is InChI=1S/C15H21F3N2O/c1-11-9-12(3-4-14(11)21-2)13(10-15(16,17)18)20-7-5-19-6-8-20/h3-4,9,13,19H,5-8,10H2,1-2H3/t13-/m0/s1. The fourth-order valence-electron chi connectivity index (χ4n) is 2.78. The van der Waals surface area contributed by atoms with E-state index in [2.05, 4.69) is 5.32 Å². The lowest BCUT2D eigenvalue weighted by atomic mass is 9.98. The molecular formula is C15H21F3N2O. The monoisotopic (exact) mass is 302 g/mol. The normalized spacial score (nSPS) is 18.5. The van der Waals surface area contributed by atoms with Crippen LogP contribution in [0.5, 0.6) is 5.75 Å². The smallest absolute Gasteiger partial charge is 0.390 e. The zero-order chi connectivity index (χ0) is 15.5. The SMILES string of the molecule is COc1ccc([C@H](CC(F)(F)F)N2CCNCC2)cc1C. The fourth-order valence-corrected chi connectivity index (χ4v) is 2.78. The molecule has 6 heteroatoms. The van der Waals surface area contributed by atoms with Crippen molar-refractivity contribution in [1.82, 2.24) is 10.2 Å². The van der Waals surface area contributed by atoms with Crippen LogP contribution in [-0.4, -0.2) is 44.4 Å². The Balaban J connectivity index is 2.27. The van der Waals surface area contributed by atoms with Crippen LogP contribution in [0.25, 0.3) is 0 Å². The number of piperazine rings is 1. The van der Waals surface area contributed by atoms with Crippen molar-refractivity contribution in [2.45, 2.75) is 25.6 Å². The van der Waals surface area contributed by atoms with E-state index in [1.54, 1.807) is 25.3 Å². The predicted molar refractivity (Wildman–Crippen MR) is 75.6 cm³/mol. The van der Waals surface area contributed by atoms with E-state index in [1.165, 1.54) is 0 Å². The van der Waals surface area contributed by atoms with Crippen LogP contribution in [-0.2, 0) is 0 Å². The molecule has 1 aromatic rings. The van der Waals surface area contributed by atoms with Crippen molar-refractivity contribution in [3.63, 3.8) is 0 Å². The molecule has 0 bridgehead atoms. The van der Waals surface area contributed by atoms with Gasteiger partial charge in [-0.2, -0.15) is 13.2 Å². The number of hydrogen-bond donors (Lipinski definition) is 1. The quantitative estimate of drug-likeness (QED) is 0.925. The number of hydrogen-bond acceptors (Lipinski definition) is 3. The molecule has 21 heavy (non-hydrogen) atoms. The first-order valence-corrected chi connectivity index (χ1v) is 7.07. The molecular weight excluding hydrogens is 281 g/mol. The van der Waals surface area contributed by atoms with Crippen LogP contribution in [0.1, 0.15) is 23.6 Å². The molecule has 1 fully saturated rings. The second-order valence-corrected chi connectivity index (χ2v) is 5.35. The molecule has 1 saturated heterocycles. The van der Waals surface area contributed by atoms with E-state index in [4.69, 9.17) is 4.74 Å². The number of alkyl halides is 3. The molecule has 1 aliphatic rings. The molecule has 1 N–H and O–H groups in total. The summed E-state index contributed by atoms with van der Waals surface area (Å²) in [7, 11) is 1.56. The van der Waals surface area contributed by atoms with Gasteiger partial charge in [-0.3, -0.25) is 4.90 Å². The number of rotatable bonds is 4. The van der Waals surface area contributed by atoms with Crippen molar-refractivity contribution in [2.75, 3.05) is 33.3 Å². The average molecular weight is 302 g/mol. The number of ether oxygens (including phenoxy) is 1. The van der Waals surface area contributed by atoms with Gasteiger partial charge in [0.25, 0.3) is 0 Å². The third-order valence-electron chi connectivity index (χ3n) is 3.82. The van der Waals surface area contributed by atoms with E-state index in [0.717, 1.165) is 18.7 Å². The Bertz CT molecular complexity index is 470. The van der Waals surface area contributed by atoms with Crippen molar-refractivity contribution >= 4 is 0 Å². The van der Waals surface area contributed by atoms with E-state index in [9.17, 15) is 13.2 Å². The van der Waals surface area contributed by atoms with Crippen LogP contribution in [0.3, 0.4) is 0 Å². The third-order valence-corrected chi connectivity index (χ3v) is 3.82. The molecule has 1 aliphatic heterocycles. The maximum absolute atomic E-state index is 12.9. The maximum Gasteiger partial charge on any atom is 0.390 e. The fraction of sp³-hybridized carbons (Fsp3) is 0.600. The van der Waals surface area contributed by atoms with Crippen molar-refractivity contribution in [2.24, 2.45) is 0 Å². The van der Waals surface area contributed by atoms with Crippen molar-refractivity contribution < 1.29 is 17.9 Å². The molecule has 0 saturated carbocycles. The molecule has 0 radical (unpaired) electrons. The molecule has 1 atom stereocenters. The highest BCUT2D eigenvalue weighted by Crippen LogP contribution is 2.35. The van der Waals surface area contributed by atoms with E-state index < -0.39 is 18.6 Å². The second-order valence-electron chi connectivity index (χ2n) is 5.35. The van der Waals surface area contributed by atoms with Gasteiger partial charge >= 0.3 is 6.18 Å². The number of halogens is 3. The minimum Gasteiger partial charge on any atom is -0.496 e. The highest BCUT2D eigenvalue weighted by atomic mass is 19.4. The maximum atomic E-state index is 12.9. The number of methoxy groups -OCH3 is 1. The molecule has 0 aromatic heterocycles. The van der Waals surface area contributed by atoms with Gasteiger partial charge in [0.2, 0.25) is 0 Å². The summed E-state index contributed by atoms with van der Waals surface area (Å²) in [5.74, 6) is 0.699. The van der Waals surface area contributed by atoms with Gasteiger partial charge in [0.05, 0.1) is 13.5 Å². The van der Waals surface area contributed by atoms with Gasteiger partial charge in [0.15, 0.2) is 0 Å². The minimum atomic E-state index is -4.18. The van der Waals surface area contributed by atoms with Gasteiger partial charge in [-0.25, -0.2) is 0 Å². The summed E-state index contributed by atoms with van der Waals surface area (Å²) in [6.07, 6.45) is -5.00. The van der Waals surface area contributed by atoms with Gasteiger partial charge < -0.3 is 10.1 Å². The number of benzene rings is 1. The zero-order valence-electron chi connectivity index (χ0n) is 12.3. The van der Waals surface area contributed by atoms with Crippen LogP contribution in [0, 0.1) is 6.92 Å². The first-order chi connectivity index (χ1) is 9.90. The molecule has 0 amide bonds. The predicted octanol–water partition coefficient (Wildman–Crippen LogP) is 2.90. The summed E-state index contributed by atoms with van der Waals surface area (Å²) >= 11 is 0. The number of nitrogens with one attached hydrogen (secondary N) is 1. The Kier molecular flexibility index (Phi) is 5.11. The largest absolute Gasteiger partial charge is 0.496 e. The summed E-state index contributed by atoms with van der Waals surface area (Å²) < 4.78 is 44.0. The van der Waals surface area contributed by atoms with Gasteiger partial charge in [0.1, 0.15) is 5.75 Å². The first-order valence-electron chi connectivity index (χ1n) is 7.07. The average Bonchev–Trinajstić information content (AvgIpc) is 2.45. The molecule has 1 heterocycles. The van der Waals surface area contributed by atoms with Crippen LogP contribution in [0.4, 0.5) is 13.2 Å². The Morgan fingerprint density at radius 3 is 2.48 bits per heavy atom. The Hall–Kier alpha value is -1.27. The lowest BCUT2D eigenvalue weighted by Crippen LogP contribution is -2.46. The third kappa shape index (κ3) is 4.35. The molecule has 118 valence electrons. The van der Waals surface area contributed by atoms with Crippen molar-refractivity contribution in [3.05, 3.63) is 29.3 Å². The van der Waals surface area contributed by atoms with E-state index in [-0.39, 0.29) is 0 Å². The molecule has 0 spiro atoms. The zero-order valence-corrected chi connectivity index (χ0v) is 12.3. The topological polar surface area (TPSA) is 24.5 Å². The van der Waals surface area contributed by atoms with E-state index in [1.807, 2.05) is 11.8 Å². The van der Waals surface area contributed by atoms with Gasteiger partial charge in [-0.15, -0.1) is 0 Å². The summed E-state index contributed by atoms with van der Waals surface area (Å²) in [6.45, 7) is 4.56. The Morgan fingerprint density at radius 1 is 1.29 bits per heavy atom. The van der Waals surface area contributed by atoms with Crippen LogP contribution in [0.15, 0.2) is 18.2 Å². The summed E-state index contributed by atoms with van der Waals surface area (Å²) in [6, 6.07) is 4.66. The van der Waals surface area contributed by atoms with Crippen molar-refractivity contribution in [1.29, 1.82) is 0 Å². The summed E-state index contributed by atoms with van der Waals surface area (Å²) in [5, 5.41) is 3.17. The number of aryl methyl sites for hydroxylation is 1. The van der Waals surface area contributed by atoms with Gasteiger partial charge in [-0.1, -0.05) is 12.1 Å². The van der Waals surface area contributed by atoms with Gasteiger partial charge in [-0.05, 0) is 24.1 Å². The molecule has 0 unspecified atom stereocenters. The Morgan fingerprint density at radius 2 is 1.95 bits per heavy atom. The first kappa shape index (κ1) is 16.1. The lowest BCUT2D eigenvalue weighted by molar-refractivity contribution is -0.148. The number of nitrogens with zero attached hydrogens (tertiary/aromatic N) is 1. The minimum absolute atomic E-state index is 0.628. The molecule has 1 aromatic carbocycles. The second kappa shape index (κ2) is 6.66. The molecule has 2 rings (SSSR count). The molecule has 3 nitrogen and oxygen atoms in total. The van der Waals surface area contributed by atoms with Crippen LogP contribution >= 0.6 is 0 Å². The Labute approximate surface area is 123 Å². The van der Waals surface area contributed by atoms with Crippen LogP contribution in [0.2, 0.25) is 0 Å². The van der Waals surface area contributed by atoms with Crippen molar-refractivity contribution in [3.8, 4) is 5.75 Å². The summed E-state index contributed by atoms with van der Waals surface area (Å²) in [5.41, 5.74) is 1.56. The summed E-state index contributed by atoms with van der Waals surface area (Å²) in [4.78, 5) is 1.91. The highest BCUT2D eigenvalue weighted by molar-refractivity contribution is 5.37.